The number of nitro groups is 1. The number of anilines is 1. The summed E-state index contributed by atoms with van der Waals surface area (Å²) in [6.07, 6.45) is 0.764. The summed E-state index contributed by atoms with van der Waals surface area (Å²) in [7, 11) is 0. The van der Waals surface area contributed by atoms with E-state index in [1.165, 1.54) is 24.3 Å². The molecule has 0 saturated carbocycles. The SMILES string of the molecule is O=C(COC(=O)COc1ccccc1[N+](=O)[O-])Nc1ccc2c(c1)OCCCO2. The van der Waals surface area contributed by atoms with Crippen molar-refractivity contribution in [2.75, 3.05) is 31.7 Å². The van der Waals surface area contributed by atoms with Gasteiger partial charge in [-0.1, -0.05) is 12.1 Å². The molecule has 0 aromatic heterocycles. The quantitative estimate of drug-likeness (QED) is 0.425. The summed E-state index contributed by atoms with van der Waals surface area (Å²) in [5.41, 5.74) is 0.193. The van der Waals surface area contributed by atoms with Crippen LogP contribution in [0.15, 0.2) is 42.5 Å². The van der Waals surface area contributed by atoms with E-state index in [1.54, 1.807) is 18.2 Å². The van der Waals surface area contributed by atoms with Gasteiger partial charge in [0.1, 0.15) is 0 Å². The minimum atomic E-state index is -0.836. The van der Waals surface area contributed by atoms with Gasteiger partial charge in [0.15, 0.2) is 30.5 Å². The van der Waals surface area contributed by atoms with Crippen molar-refractivity contribution in [3.8, 4) is 17.2 Å². The van der Waals surface area contributed by atoms with Gasteiger partial charge in [-0.3, -0.25) is 14.9 Å². The van der Waals surface area contributed by atoms with Gasteiger partial charge in [-0.25, -0.2) is 4.79 Å². The number of nitrogens with one attached hydrogen (secondary N) is 1. The summed E-state index contributed by atoms with van der Waals surface area (Å²) in [6, 6.07) is 10.6. The standard InChI is InChI=1S/C19H18N2O8/c22-18(20-13-6-7-16-17(10-13)27-9-3-8-26-16)11-29-19(23)12-28-15-5-2-1-4-14(15)21(24)25/h1-2,4-7,10H,3,8-9,11-12H2,(H,20,22). The highest BCUT2D eigenvalue weighted by Gasteiger charge is 2.16. The zero-order valence-corrected chi connectivity index (χ0v) is 15.3. The van der Waals surface area contributed by atoms with Gasteiger partial charge < -0.3 is 24.3 Å². The molecule has 1 N–H and O–H groups in total. The van der Waals surface area contributed by atoms with Crippen molar-refractivity contribution < 1.29 is 33.5 Å². The van der Waals surface area contributed by atoms with E-state index in [4.69, 9.17) is 18.9 Å². The van der Waals surface area contributed by atoms with Crippen LogP contribution in [0.3, 0.4) is 0 Å². The molecular weight excluding hydrogens is 384 g/mol. The number of para-hydroxylation sites is 2. The molecule has 0 bridgehead atoms. The zero-order valence-electron chi connectivity index (χ0n) is 15.3. The fourth-order valence-corrected chi connectivity index (χ4v) is 2.49. The predicted octanol–water partition coefficient (Wildman–Crippen LogP) is 2.32. The molecule has 0 unspecified atom stereocenters. The van der Waals surface area contributed by atoms with Gasteiger partial charge in [0.05, 0.1) is 18.1 Å². The second-order valence-electron chi connectivity index (χ2n) is 5.93. The first kappa shape index (κ1) is 19.9. The molecule has 152 valence electrons. The van der Waals surface area contributed by atoms with Crippen molar-refractivity contribution in [1.82, 2.24) is 0 Å². The van der Waals surface area contributed by atoms with Crippen LogP contribution in [0.25, 0.3) is 0 Å². The average molecular weight is 402 g/mol. The topological polar surface area (TPSA) is 126 Å². The Balaban J connectivity index is 1.46. The Hall–Kier alpha value is -3.82. The van der Waals surface area contributed by atoms with Gasteiger partial charge >= 0.3 is 11.7 Å². The number of hydrogen-bond donors (Lipinski definition) is 1. The number of esters is 1. The van der Waals surface area contributed by atoms with Crippen LogP contribution in [0.5, 0.6) is 17.2 Å². The Kier molecular flexibility index (Phi) is 6.46. The third-order valence-electron chi connectivity index (χ3n) is 3.80. The third-order valence-corrected chi connectivity index (χ3v) is 3.80. The minimum absolute atomic E-state index is 0.0638. The molecule has 0 fully saturated rings. The molecule has 0 radical (unpaired) electrons. The van der Waals surface area contributed by atoms with E-state index in [9.17, 15) is 19.7 Å². The Morgan fingerprint density at radius 2 is 1.83 bits per heavy atom. The van der Waals surface area contributed by atoms with E-state index in [2.05, 4.69) is 5.32 Å². The van der Waals surface area contributed by atoms with Crippen LogP contribution >= 0.6 is 0 Å². The van der Waals surface area contributed by atoms with Crippen molar-refractivity contribution >= 4 is 23.3 Å². The molecule has 1 amide bonds. The largest absolute Gasteiger partial charge is 0.490 e. The molecule has 0 atom stereocenters. The first-order valence-electron chi connectivity index (χ1n) is 8.74. The van der Waals surface area contributed by atoms with E-state index >= 15 is 0 Å². The molecule has 2 aromatic rings. The number of rotatable bonds is 7. The first-order chi connectivity index (χ1) is 14.0. The molecule has 3 rings (SSSR count). The molecular formula is C19H18N2O8. The van der Waals surface area contributed by atoms with Gasteiger partial charge in [-0.15, -0.1) is 0 Å². The number of hydrogen-bond acceptors (Lipinski definition) is 8. The molecule has 0 saturated heterocycles. The van der Waals surface area contributed by atoms with E-state index in [-0.39, 0.29) is 11.4 Å². The van der Waals surface area contributed by atoms with Crippen LogP contribution in [0, 0.1) is 10.1 Å². The van der Waals surface area contributed by atoms with Crippen LogP contribution in [0.2, 0.25) is 0 Å². The maximum atomic E-state index is 12.0. The molecule has 2 aromatic carbocycles. The Morgan fingerprint density at radius 3 is 2.62 bits per heavy atom. The summed E-state index contributed by atoms with van der Waals surface area (Å²) in [6.45, 7) is -0.0276. The molecule has 1 aliphatic heterocycles. The summed E-state index contributed by atoms with van der Waals surface area (Å²) in [5.74, 6) is -0.337. The monoisotopic (exact) mass is 402 g/mol. The van der Waals surface area contributed by atoms with Gasteiger partial charge in [0.2, 0.25) is 0 Å². The lowest BCUT2D eigenvalue weighted by molar-refractivity contribution is -0.385. The third kappa shape index (κ3) is 5.58. The second kappa shape index (κ2) is 9.40. The number of fused-ring (bicyclic) bond motifs is 1. The first-order valence-corrected chi connectivity index (χ1v) is 8.74. The second-order valence-corrected chi connectivity index (χ2v) is 5.93. The number of ether oxygens (including phenoxy) is 4. The van der Waals surface area contributed by atoms with Crippen molar-refractivity contribution in [1.29, 1.82) is 0 Å². The van der Waals surface area contributed by atoms with Crippen molar-refractivity contribution in [2.45, 2.75) is 6.42 Å². The van der Waals surface area contributed by atoms with Crippen LogP contribution in [0.4, 0.5) is 11.4 Å². The van der Waals surface area contributed by atoms with Crippen molar-refractivity contribution in [2.24, 2.45) is 0 Å². The van der Waals surface area contributed by atoms with Gasteiger partial charge in [-0.2, -0.15) is 0 Å². The number of nitrogens with zero attached hydrogens (tertiary/aromatic N) is 1. The van der Waals surface area contributed by atoms with E-state index in [1.807, 2.05) is 0 Å². The Labute approximate surface area is 165 Å². The van der Waals surface area contributed by atoms with Gasteiger partial charge in [0.25, 0.3) is 5.91 Å². The average Bonchev–Trinajstić information content (AvgIpc) is 2.96. The lowest BCUT2D eigenvalue weighted by Crippen LogP contribution is -2.23. The zero-order chi connectivity index (χ0) is 20.6. The van der Waals surface area contributed by atoms with Crippen molar-refractivity contribution in [3.05, 3.63) is 52.6 Å². The summed E-state index contributed by atoms with van der Waals surface area (Å²) >= 11 is 0. The van der Waals surface area contributed by atoms with E-state index in [0.29, 0.717) is 30.4 Å². The lowest BCUT2D eigenvalue weighted by atomic mass is 10.2. The normalized spacial score (nSPS) is 12.4. The van der Waals surface area contributed by atoms with Crippen molar-refractivity contribution in [3.63, 3.8) is 0 Å². The van der Waals surface area contributed by atoms with Crippen LogP contribution in [-0.4, -0.2) is 43.2 Å². The number of benzene rings is 2. The maximum absolute atomic E-state index is 12.0. The number of carbonyl (C=O) groups excluding carboxylic acids is 2. The fourth-order valence-electron chi connectivity index (χ4n) is 2.49. The van der Waals surface area contributed by atoms with E-state index < -0.39 is 30.0 Å². The molecule has 1 aliphatic rings. The number of nitro benzene ring substituents is 1. The van der Waals surface area contributed by atoms with Crippen LogP contribution in [-0.2, 0) is 14.3 Å². The summed E-state index contributed by atoms with van der Waals surface area (Å²) in [4.78, 5) is 34.0. The Bertz CT molecular complexity index is 915. The lowest BCUT2D eigenvalue weighted by Gasteiger charge is -2.11. The highest BCUT2D eigenvalue weighted by Crippen LogP contribution is 2.32. The predicted molar refractivity (Wildman–Crippen MR) is 100 cm³/mol. The van der Waals surface area contributed by atoms with Crippen LogP contribution in [0.1, 0.15) is 6.42 Å². The minimum Gasteiger partial charge on any atom is -0.490 e. The molecule has 29 heavy (non-hydrogen) atoms. The molecule has 10 heteroatoms. The number of carbonyl (C=O) groups is 2. The Morgan fingerprint density at radius 1 is 1.07 bits per heavy atom. The van der Waals surface area contributed by atoms with E-state index in [0.717, 1.165) is 6.42 Å². The summed E-state index contributed by atoms with van der Waals surface area (Å²) < 4.78 is 21.0. The number of amides is 1. The molecule has 0 aliphatic carbocycles. The highest BCUT2D eigenvalue weighted by atomic mass is 16.6. The smallest absolute Gasteiger partial charge is 0.344 e. The van der Waals surface area contributed by atoms with Gasteiger partial charge in [-0.05, 0) is 18.2 Å². The molecule has 10 nitrogen and oxygen atoms in total. The van der Waals surface area contributed by atoms with Crippen LogP contribution < -0.4 is 19.5 Å². The molecule has 1 heterocycles. The highest BCUT2D eigenvalue weighted by molar-refractivity contribution is 5.93. The summed E-state index contributed by atoms with van der Waals surface area (Å²) in [5, 5.41) is 13.5. The molecule has 0 spiro atoms. The van der Waals surface area contributed by atoms with Gasteiger partial charge in [0, 0.05) is 24.2 Å². The maximum Gasteiger partial charge on any atom is 0.344 e. The fraction of sp³-hybridized carbons (Fsp3) is 0.263.